The van der Waals surface area contributed by atoms with Gasteiger partial charge in [-0.3, -0.25) is 19.2 Å². The van der Waals surface area contributed by atoms with Crippen LogP contribution in [0.1, 0.15) is 56.3 Å². The number of benzene rings is 5. The summed E-state index contributed by atoms with van der Waals surface area (Å²) in [7, 11) is -3.14. The lowest BCUT2D eigenvalue weighted by Crippen LogP contribution is -2.48. The number of anilines is 3. The summed E-state index contributed by atoms with van der Waals surface area (Å²) in [4.78, 5) is 71.0. The molecule has 0 aromatic heterocycles. The Morgan fingerprint density at radius 1 is 0.797 bits per heavy atom. The van der Waals surface area contributed by atoms with Crippen LogP contribution in [0, 0.1) is 5.92 Å². The van der Waals surface area contributed by atoms with Crippen LogP contribution in [0.2, 0.25) is 18.6 Å². The third-order valence-electron chi connectivity index (χ3n) is 12.1. The number of rotatable bonds is 10. The van der Waals surface area contributed by atoms with Crippen LogP contribution in [0.15, 0.2) is 127 Å². The lowest BCUT2D eigenvalue weighted by atomic mass is 9.82. The lowest BCUT2D eigenvalue weighted by Gasteiger charge is -2.37. The van der Waals surface area contributed by atoms with Crippen molar-refractivity contribution in [2.24, 2.45) is 5.92 Å². The van der Waals surface area contributed by atoms with Crippen molar-refractivity contribution in [3.05, 3.63) is 161 Å². The molecule has 12 heteroatoms. The summed E-state index contributed by atoms with van der Waals surface area (Å²) in [6.07, 6.45) is -0.380. The first-order chi connectivity index (χ1) is 28.4. The number of fused-ring (bicyclic) bond motifs is 3. The van der Waals surface area contributed by atoms with E-state index in [0.717, 1.165) is 16.7 Å². The van der Waals surface area contributed by atoms with E-state index in [1.54, 1.807) is 88.7 Å². The van der Waals surface area contributed by atoms with Gasteiger partial charge in [0.05, 0.1) is 37.4 Å². The highest BCUT2D eigenvalue weighted by atomic mass is 28.4. The first kappa shape index (κ1) is 39.9. The molecule has 1 fully saturated rings. The molecule has 5 aromatic rings. The van der Waals surface area contributed by atoms with Crippen LogP contribution in [-0.4, -0.2) is 65.5 Å². The van der Waals surface area contributed by atoms with E-state index in [4.69, 9.17) is 4.74 Å². The molecule has 4 amide bonds. The third kappa shape index (κ3) is 7.60. The number of carbonyl (C=O) groups excluding carboxylic acids is 4. The van der Waals surface area contributed by atoms with Crippen molar-refractivity contribution in [3.8, 4) is 0 Å². The molecule has 0 saturated carbocycles. The van der Waals surface area contributed by atoms with Crippen molar-refractivity contribution in [1.82, 2.24) is 4.90 Å². The van der Waals surface area contributed by atoms with E-state index in [1.807, 2.05) is 68.5 Å². The molecule has 0 aliphatic carbocycles. The molecule has 11 nitrogen and oxygen atoms in total. The molecule has 4 N–H and O–H groups in total. The number of aliphatic hydroxyl groups excluding tert-OH is 1. The normalized spacial score (nSPS) is 22.2. The quantitative estimate of drug-likeness (QED) is 0.113. The molecular weight excluding hydrogens is 761 g/mol. The standard InChI is InChI=1S/C47H48N4O7Si/c1-30-43(59(2,3)57)41(26-42(53)50-28-35-17-11-10-16-34(35)24-38(50)29-52)58-47(30)39-25-37(49-45(55)33-14-8-5-9-15-33)22-23-40(39)51(46(47)56)27-31-18-20-36(21-19-31)48-44(54)32-12-6-4-7-13-32/h4-23,25,30,38,41,43,52,57H,24,26-29H2,1-3H3,(H,48,54)(H,49,55)/t30-,38-,41+,43-,47+/m0/s1. The Morgan fingerprint density at radius 2 is 1.37 bits per heavy atom. The van der Waals surface area contributed by atoms with Crippen LogP contribution in [0.4, 0.5) is 17.1 Å². The smallest absolute Gasteiger partial charge is 0.264 e. The minimum absolute atomic E-state index is 0.0877. The fourth-order valence-corrected chi connectivity index (χ4v) is 11.9. The molecular formula is C47H48N4O7Si. The zero-order valence-corrected chi connectivity index (χ0v) is 34.3. The summed E-state index contributed by atoms with van der Waals surface area (Å²) in [6.45, 7) is 5.86. The first-order valence-electron chi connectivity index (χ1n) is 20.0. The maximum absolute atomic E-state index is 15.2. The highest BCUT2D eigenvalue weighted by Crippen LogP contribution is 2.60. The first-order valence-corrected chi connectivity index (χ1v) is 23.1. The van der Waals surface area contributed by atoms with E-state index in [-0.39, 0.29) is 43.2 Å². The molecule has 1 spiro atoms. The topological polar surface area (TPSA) is 149 Å². The molecule has 1 saturated heterocycles. The Bertz CT molecular complexity index is 2390. The number of hydrogen-bond donors (Lipinski definition) is 4. The molecule has 0 radical (unpaired) electrons. The Hall–Kier alpha value is -5.92. The summed E-state index contributed by atoms with van der Waals surface area (Å²) in [5.74, 6) is -1.66. The van der Waals surface area contributed by atoms with E-state index >= 15 is 4.79 Å². The van der Waals surface area contributed by atoms with Crippen molar-refractivity contribution < 1.29 is 33.8 Å². The summed E-state index contributed by atoms with van der Waals surface area (Å²) in [5, 5.41) is 16.3. The van der Waals surface area contributed by atoms with Gasteiger partial charge in [-0.25, -0.2) is 0 Å². The van der Waals surface area contributed by atoms with Crippen molar-refractivity contribution >= 4 is 49.0 Å². The van der Waals surface area contributed by atoms with Crippen molar-refractivity contribution in [2.45, 2.75) is 69.2 Å². The number of ether oxygens (including phenoxy) is 1. The predicted octanol–water partition coefficient (Wildman–Crippen LogP) is 6.87. The maximum atomic E-state index is 15.2. The minimum Gasteiger partial charge on any atom is -0.432 e. The molecule has 0 bridgehead atoms. The molecule has 3 aliphatic rings. The minimum atomic E-state index is -3.14. The molecule has 5 aromatic carbocycles. The Labute approximate surface area is 344 Å². The van der Waals surface area contributed by atoms with Gasteiger partial charge in [-0.05, 0) is 90.8 Å². The Morgan fingerprint density at radius 3 is 1.98 bits per heavy atom. The summed E-state index contributed by atoms with van der Waals surface area (Å²) in [5.41, 5.74) is 4.02. The fraction of sp³-hybridized carbons (Fsp3) is 0.277. The van der Waals surface area contributed by atoms with E-state index in [0.29, 0.717) is 46.7 Å². The SMILES string of the molecule is C[C@H]1[C@H]([Si](C)(C)O)[C@@H](CC(=O)N2Cc3ccccc3C[C@H]2CO)O[C@]12C(=O)N(Cc1ccc(NC(=O)c3ccccc3)cc1)c1ccc(NC(=O)c3ccccc3)cc12. The monoisotopic (exact) mass is 808 g/mol. The van der Waals surface area contributed by atoms with Gasteiger partial charge in [-0.15, -0.1) is 0 Å². The van der Waals surface area contributed by atoms with Crippen LogP contribution in [0.3, 0.4) is 0 Å². The fourth-order valence-electron chi connectivity index (χ4n) is 9.31. The second-order valence-corrected chi connectivity index (χ2v) is 20.3. The highest BCUT2D eigenvalue weighted by Gasteiger charge is 2.66. The van der Waals surface area contributed by atoms with Gasteiger partial charge in [-0.2, -0.15) is 0 Å². The van der Waals surface area contributed by atoms with E-state index in [2.05, 4.69) is 10.6 Å². The zero-order chi connectivity index (χ0) is 41.5. The highest BCUT2D eigenvalue weighted by molar-refractivity contribution is 6.71. The number of nitrogens with one attached hydrogen (secondary N) is 2. The van der Waals surface area contributed by atoms with Gasteiger partial charge < -0.3 is 35.1 Å². The van der Waals surface area contributed by atoms with Gasteiger partial charge in [0.15, 0.2) is 13.9 Å². The summed E-state index contributed by atoms with van der Waals surface area (Å²) in [6, 6.07) is 37.9. The molecule has 8 rings (SSSR count). The molecule has 59 heavy (non-hydrogen) atoms. The van der Waals surface area contributed by atoms with Gasteiger partial charge in [0.2, 0.25) is 5.91 Å². The van der Waals surface area contributed by atoms with Crippen molar-refractivity contribution in [3.63, 3.8) is 0 Å². The largest absolute Gasteiger partial charge is 0.432 e. The predicted molar refractivity (Wildman–Crippen MR) is 228 cm³/mol. The van der Waals surface area contributed by atoms with Crippen LogP contribution in [0.25, 0.3) is 0 Å². The van der Waals surface area contributed by atoms with Gasteiger partial charge >= 0.3 is 0 Å². The Kier molecular flexibility index (Phi) is 10.8. The van der Waals surface area contributed by atoms with Crippen molar-refractivity contribution in [1.29, 1.82) is 0 Å². The van der Waals surface area contributed by atoms with Crippen LogP contribution >= 0.6 is 0 Å². The summed E-state index contributed by atoms with van der Waals surface area (Å²) >= 11 is 0. The third-order valence-corrected chi connectivity index (χ3v) is 14.6. The second kappa shape index (κ2) is 16.0. The van der Waals surface area contributed by atoms with Crippen LogP contribution in [0.5, 0.6) is 0 Å². The van der Waals surface area contributed by atoms with Crippen molar-refractivity contribution in [2.75, 3.05) is 22.1 Å². The second-order valence-electron chi connectivity index (χ2n) is 16.4. The number of nitrogens with zero attached hydrogens (tertiary/aromatic N) is 2. The molecule has 3 heterocycles. The maximum Gasteiger partial charge on any atom is 0.264 e. The molecule has 0 unspecified atom stereocenters. The van der Waals surface area contributed by atoms with E-state index in [9.17, 15) is 24.3 Å². The Balaban J connectivity index is 1.12. The number of hydrogen-bond acceptors (Lipinski definition) is 7. The molecule has 3 aliphatic heterocycles. The number of amides is 4. The molecule has 5 atom stereocenters. The molecule has 302 valence electrons. The average Bonchev–Trinajstić information content (AvgIpc) is 3.66. The van der Waals surface area contributed by atoms with Gasteiger partial charge in [0.25, 0.3) is 17.7 Å². The van der Waals surface area contributed by atoms with Gasteiger partial charge in [-0.1, -0.05) is 79.7 Å². The average molecular weight is 809 g/mol. The van der Waals surface area contributed by atoms with Crippen LogP contribution < -0.4 is 15.5 Å². The lowest BCUT2D eigenvalue weighted by molar-refractivity contribution is -0.151. The van der Waals surface area contributed by atoms with E-state index in [1.165, 1.54) is 0 Å². The van der Waals surface area contributed by atoms with Crippen LogP contribution in [-0.2, 0) is 39.4 Å². The number of carbonyl (C=O) groups is 4. The number of aliphatic hydroxyl groups is 1. The van der Waals surface area contributed by atoms with E-state index < -0.39 is 37.5 Å². The summed E-state index contributed by atoms with van der Waals surface area (Å²) < 4.78 is 7.03. The van der Waals surface area contributed by atoms with Gasteiger partial charge in [0, 0.05) is 46.1 Å². The zero-order valence-electron chi connectivity index (χ0n) is 33.3. The van der Waals surface area contributed by atoms with Gasteiger partial charge in [0.1, 0.15) is 0 Å².